The molecule has 1 aliphatic carbocycles. The molecule has 1 aromatic rings. The summed E-state index contributed by atoms with van der Waals surface area (Å²) < 4.78 is 0. The predicted molar refractivity (Wildman–Crippen MR) is 61.5 cm³/mol. The van der Waals surface area contributed by atoms with Crippen molar-refractivity contribution in [3.63, 3.8) is 0 Å². The van der Waals surface area contributed by atoms with E-state index in [1.807, 2.05) is 0 Å². The van der Waals surface area contributed by atoms with Crippen LogP contribution in [0.15, 0.2) is 36.2 Å². The molecular formula is C13H16N2. The molecule has 2 N–H and O–H groups in total. The lowest BCUT2D eigenvalue weighted by Gasteiger charge is -2.14. The Balaban J connectivity index is 1.68. The van der Waals surface area contributed by atoms with Crippen LogP contribution in [0.1, 0.15) is 17.5 Å². The van der Waals surface area contributed by atoms with Crippen LogP contribution < -0.4 is 10.6 Å². The van der Waals surface area contributed by atoms with Gasteiger partial charge in [0.15, 0.2) is 0 Å². The van der Waals surface area contributed by atoms with E-state index in [4.69, 9.17) is 0 Å². The van der Waals surface area contributed by atoms with Crippen molar-refractivity contribution < 1.29 is 0 Å². The molecule has 0 atom stereocenters. The standard InChI is InChI=1S/C13H16N2/c1-2-5-11-9-12(8-10(11)4-1)15-13-6-3-7-14-13/h1-2,4-6,12,14-15H,3,7-9H2. The van der Waals surface area contributed by atoms with Crippen LogP contribution in [0.3, 0.4) is 0 Å². The summed E-state index contributed by atoms with van der Waals surface area (Å²) in [6.45, 7) is 1.09. The highest BCUT2D eigenvalue weighted by molar-refractivity contribution is 5.33. The lowest BCUT2D eigenvalue weighted by atomic mass is 10.1. The molecule has 0 bridgehead atoms. The molecule has 78 valence electrons. The maximum atomic E-state index is 3.57. The molecule has 0 saturated heterocycles. The van der Waals surface area contributed by atoms with Crippen molar-refractivity contribution in [2.75, 3.05) is 6.54 Å². The van der Waals surface area contributed by atoms with E-state index in [0.717, 1.165) is 25.8 Å². The van der Waals surface area contributed by atoms with Gasteiger partial charge in [-0.05, 0) is 36.5 Å². The first kappa shape index (κ1) is 8.84. The van der Waals surface area contributed by atoms with Crippen LogP contribution in [0.5, 0.6) is 0 Å². The molecule has 2 heteroatoms. The maximum absolute atomic E-state index is 3.57. The lowest BCUT2D eigenvalue weighted by molar-refractivity contribution is 0.571. The number of hydrogen-bond acceptors (Lipinski definition) is 2. The summed E-state index contributed by atoms with van der Waals surface area (Å²) in [5, 5.41) is 6.93. The molecule has 0 amide bonds. The van der Waals surface area contributed by atoms with Gasteiger partial charge in [0, 0.05) is 12.6 Å². The molecule has 0 aromatic heterocycles. The van der Waals surface area contributed by atoms with E-state index < -0.39 is 0 Å². The summed E-state index contributed by atoms with van der Waals surface area (Å²) in [5.41, 5.74) is 3.02. The van der Waals surface area contributed by atoms with E-state index in [2.05, 4.69) is 41.0 Å². The van der Waals surface area contributed by atoms with Gasteiger partial charge in [-0.3, -0.25) is 0 Å². The van der Waals surface area contributed by atoms with Gasteiger partial charge in [-0.15, -0.1) is 0 Å². The molecule has 3 rings (SSSR count). The summed E-state index contributed by atoms with van der Waals surface area (Å²) in [6, 6.07) is 9.34. The molecule has 2 nitrogen and oxygen atoms in total. The Morgan fingerprint density at radius 2 is 1.87 bits per heavy atom. The molecular weight excluding hydrogens is 184 g/mol. The van der Waals surface area contributed by atoms with E-state index >= 15 is 0 Å². The first-order valence-electron chi connectivity index (χ1n) is 5.69. The molecule has 0 radical (unpaired) electrons. The second-order valence-electron chi connectivity index (χ2n) is 4.35. The number of hydrogen-bond donors (Lipinski definition) is 2. The van der Waals surface area contributed by atoms with Gasteiger partial charge in [0.1, 0.15) is 0 Å². The van der Waals surface area contributed by atoms with E-state index in [9.17, 15) is 0 Å². The molecule has 15 heavy (non-hydrogen) atoms. The molecule has 1 aliphatic heterocycles. The van der Waals surface area contributed by atoms with Gasteiger partial charge < -0.3 is 10.6 Å². The maximum Gasteiger partial charge on any atom is 0.0948 e. The van der Waals surface area contributed by atoms with Gasteiger partial charge in [0.2, 0.25) is 0 Å². The number of nitrogens with one attached hydrogen (secondary N) is 2. The van der Waals surface area contributed by atoms with Gasteiger partial charge in [0.25, 0.3) is 0 Å². The molecule has 0 unspecified atom stereocenters. The summed E-state index contributed by atoms with van der Waals surface area (Å²) in [4.78, 5) is 0. The summed E-state index contributed by atoms with van der Waals surface area (Å²) in [5.74, 6) is 1.23. The Morgan fingerprint density at radius 3 is 2.47 bits per heavy atom. The van der Waals surface area contributed by atoms with Gasteiger partial charge >= 0.3 is 0 Å². The fraction of sp³-hybridized carbons (Fsp3) is 0.385. The van der Waals surface area contributed by atoms with E-state index in [0.29, 0.717) is 6.04 Å². The monoisotopic (exact) mass is 200 g/mol. The SMILES string of the molecule is C1=C(NC2Cc3ccccc3C2)NCC1. The minimum absolute atomic E-state index is 0.583. The third kappa shape index (κ3) is 1.72. The van der Waals surface area contributed by atoms with Gasteiger partial charge in [-0.1, -0.05) is 24.3 Å². The van der Waals surface area contributed by atoms with Crippen LogP contribution in [0.2, 0.25) is 0 Å². The molecule has 1 aromatic carbocycles. The van der Waals surface area contributed by atoms with Gasteiger partial charge in [0.05, 0.1) is 5.82 Å². The normalized spacial score (nSPS) is 19.6. The first-order chi connectivity index (χ1) is 7.42. The van der Waals surface area contributed by atoms with Crippen LogP contribution in [-0.4, -0.2) is 12.6 Å². The van der Waals surface area contributed by atoms with Crippen molar-refractivity contribution in [2.24, 2.45) is 0 Å². The third-order valence-electron chi connectivity index (χ3n) is 3.22. The predicted octanol–water partition coefficient (Wildman–Crippen LogP) is 1.58. The van der Waals surface area contributed by atoms with Crippen molar-refractivity contribution in [1.29, 1.82) is 0 Å². The van der Waals surface area contributed by atoms with Crippen molar-refractivity contribution in [3.8, 4) is 0 Å². The first-order valence-corrected chi connectivity index (χ1v) is 5.69. The van der Waals surface area contributed by atoms with Crippen molar-refractivity contribution in [1.82, 2.24) is 10.6 Å². The third-order valence-corrected chi connectivity index (χ3v) is 3.22. The molecule has 0 fully saturated rings. The highest BCUT2D eigenvalue weighted by Gasteiger charge is 2.21. The van der Waals surface area contributed by atoms with Gasteiger partial charge in [-0.25, -0.2) is 0 Å². The zero-order chi connectivity index (χ0) is 10.1. The Bertz CT molecular complexity index is 370. The Morgan fingerprint density at radius 1 is 1.13 bits per heavy atom. The number of benzene rings is 1. The fourth-order valence-electron chi connectivity index (χ4n) is 2.49. The Kier molecular flexibility index (Phi) is 2.13. The number of rotatable bonds is 2. The van der Waals surface area contributed by atoms with Crippen molar-refractivity contribution >= 4 is 0 Å². The summed E-state index contributed by atoms with van der Waals surface area (Å²) in [7, 11) is 0. The second-order valence-corrected chi connectivity index (χ2v) is 4.35. The zero-order valence-electron chi connectivity index (χ0n) is 8.79. The lowest BCUT2D eigenvalue weighted by Crippen LogP contribution is -2.33. The molecule has 0 saturated carbocycles. The largest absolute Gasteiger partial charge is 0.372 e. The quantitative estimate of drug-likeness (QED) is 0.757. The van der Waals surface area contributed by atoms with Crippen molar-refractivity contribution in [2.45, 2.75) is 25.3 Å². The van der Waals surface area contributed by atoms with Crippen LogP contribution in [-0.2, 0) is 12.8 Å². The topological polar surface area (TPSA) is 24.1 Å². The highest BCUT2D eigenvalue weighted by atomic mass is 15.1. The fourth-order valence-corrected chi connectivity index (χ4v) is 2.49. The smallest absolute Gasteiger partial charge is 0.0948 e. The minimum Gasteiger partial charge on any atom is -0.372 e. The summed E-state index contributed by atoms with van der Waals surface area (Å²) >= 11 is 0. The Hall–Kier alpha value is -1.44. The van der Waals surface area contributed by atoms with Crippen LogP contribution >= 0.6 is 0 Å². The van der Waals surface area contributed by atoms with E-state index in [1.165, 1.54) is 16.9 Å². The molecule has 1 heterocycles. The van der Waals surface area contributed by atoms with Crippen LogP contribution in [0, 0.1) is 0 Å². The van der Waals surface area contributed by atoms with Crippen LogP contribution in [0.4, 0.5) is 0 Å². The second kappa shape index (κ2) is 3.61. The van der Waals surface area contributed by atoms with Crippen LogP contribution in [0.25, 0.3) is 0 Å². The highest BCUT2D eigenvalue weighted by Crippen LogP contribution is 2.22. The average Bonchev–Trinajstić information content (AvgIpc) is 2.86. The van der Waals surface area contributed by atoms with E-state index in [1.54, 1.807) is 0 Å². The molecule has 0 spiro atoms. The van der Waals surface area contributed by atoms with E-state index in [-0.39, 0.29) is 0 Å². The average molecular weight is 200 g/mol. The molecule has 2 aliphatic rings. The van der Waals surface area contributed by atoms with Gasteiger partial charge in [-0.2, -0.15) is 0 Å². The van der Waals surface area contributed by atoms with Crippen molar-refractivity contribution in [3.05, 3.63) is 47.3 Å². The zero-order valence-corrected chi connectivity index (χ0v) is 8.79. The minimum atomic E-state index is 0.583. The summed E-state index contributed by atoms with van der Waals surface area (Å²) in [6.07, 6.45) is 5.73. The Labute approximate surface area is 90.4 Å². The number of fused-ring (bicyclic) bond motifs is 1.